The van der Waals surface area contributed by atoms with Gasteiger partial charge in [-0.3, -0.25) is 19.6 Å². The number of hydrogen-bond donors (Lipinski definition) is 4. The van der Waals surface area contributed by atoms with E-state index in [2.05, 4.69) is 191 Å². The molecule has 0 spiro atoms. The average Bonchev–Trinajstić information content (AvgIpc) is 0.758. The fourth-order valence-electron chi connectivity index (χ4n) is 23.2. The Morgan fingerprint density at radius 1 is 0.329 bits per heavy atom. The lowest BCUT2D eigenvalue weighted by atomic mass is 9.74. The Morgan fingerprint density at radius 2 is 0.643 bits per heavy atom. The number of rotatable bonds is 20. The van der Waals surface area contributed by atoms with Crippen LogP contribution in [0.4, 0.5) is 38.5 Å². The Morgan fingerprint density at radius 3 is 1.01 bits per heavy atom. The quantitative estimate of drug-likeness (QED) is 0.0523. The fourth-order valence-corrected chi connectivity index (χ4v) is 26.7. The van der Waals surface area contributed by atoms with Gasteiger partial charge in [0.1, 0.15) is 11.6 Å². The van der Waals surface area contributed by atoms with Crippen molar-refractivity contribution in [3.05, 3.63) is 358 Å². The molecule has 20 nitrogen and oxygen atoms in total. The summed E-state index contributed by atoms with van der Waals surface area (Å²) in [7, 11) is -3.77. The van der Waals surface area contributed by atoms with Crippen molar-refractivity contribution in [3.8, 4) is 44.5 Å². The highest BCUT2D eigenvalue weighted by Gasteiger charge is 2.55. The summed E-state index contributed by atoms with van der Waals surface area (Å²) in [6.45, 7) is 19.6. The molecule has 0 radical (unpaired) electrons. The number of benzene rings is 12. The Bertz CT molecular complexity index is 6600. The number of carbonyl (C=O) groups is 2. The molecule has 0 aromatic heterocycles. The highest BCUT2D eigenvalue weighted by atomic mass is 32.2. The Hall–Kier alpha value is -11.6. The Labute approximate surface area is 840 Å². The highest BCUT2D eigenvalue weighted by molar-refractivity contribution is 7.89. The van der Waals surface area contributed by atoms with Gasteiger partial charge < -0.3 is 40.1 Å². The van der Waals surface area contributed by atoms with E-state index in [0.29, 0.717) is 92.3 Å². The molecule has 8 saturated heterocycles. The molecule has 12 aromatic carbocycles. The van der Waals surface area contributed by atoms with Crippen LogP contribution in [0.25, 0.3) is 44.5 Å². The lowest BCUT2D eigenvalue weighted by Gasteiger charge is -2.57. The zero-order valence-corrected chi connectivity index (χ0v) is 84.2. The first-order valence-electron chi connectivity index (χ1n) is 50.3. The molecule has 12 atom stereocenters. The maximum atomic E-state index is 14.4. The minimum atomic E-state index is -3.64. The van der Waals surface area contributed by atoms with Crippen LogP contribution in [-0.2, 0) is 29.5 Å². The van der Waals surface area contributed by atoms with Crippen LogP contribution in [0.5, 0.6) is 0 Å². The lowest BCUT2D eigenvalue weighted by Crippen LogP contribution is -2.68. The number of carbonyl (C=O) groups excluding carboxylic acids is 2. The molecule has 12 aromatic rings. The minimum Gasteiger partial charge on any atom is -0.395 e. The number of amides is 4. The molecule has 8 heterocycles. The van der Waals surface area contributed by atoms with Crippen molar-refractivity contribution in [1.29, 1.82) is 0 Å². The topological polar surface area (TPSA) is 211 Å². The fraction of sp³-hybridized carbons (Fsp3) is 0.368. The molecule has 4 N–H and O–H groups in total. The van der Waals surface area contributed by atoms with Gasteiger partial charge in [0.05, 0.1) is 36.2 Å². The second-order valence-corrected chi connectivity index (χ2v) is 43.1. The molecule has 0 bridgehead atoms. The molecular weight excluding hydrogens is 1850 g/mol. The first-order chi connectivity index (χ1) is 69.3. The van der Waals surface area contributed by atoms with Crippen LogP contribution in [0.2, 0.25) is 0 Å². The van der Waals surface area contributed by atoms with Crippen LogP contribution >= 0.6 is 0 Å². The van der Waals surface area contributed by atoms with E-state index in [1.54, 1.807) is 71.4 Å². The van der Waals surface area contributed by atoms with Crippen molar-refractivity contribution in [3.63, 3.8) is 0 Å². The highest BCUT2D eigenvalue weighted by Crippen LogP contribution is 2.49. The summed E-state index contributed by atoms with van der Waals surface area (Å²) in [4.78, 5) is 40.2. The molecule has 20 rings (SSSR count). The maximum absolute atomic E-state index is 14.4. The average molecular weight is 1980 g/mol. The predicted molar refractivity (Wildman–Crippen MR) is 558 cm³/mol. The van der Waals surface area contributed by atoms with Crippen LogP contribution in [0.3, 0.4) is 0 Å². The molecule has 8 fully saturated rings. The molecule has 0 unspecified atom stereocenters. The number of anilines is 2. The van der Waals surface area contributed by atoms with Gasteiger partial charge in [0.2, 0.25) is 20.0 Å². The number of aliphatic hydroxyl groups excluding tert-OH is 2. The number of urea groups is 2. The van der Waals surface area contributed by atoms with Crippen LogP contribution < -0.4 is 10.6 Å². The molecule has 0 aliphatic carbocycles. The number of nitrogens with one attached hydrogen (secondary N) is 2. The lowest BCUT2D eigenvalue weighted by molar-refractivity contribution is -0.0635. The maximum Gasteiger partial charge on any atom is 0.321 e. The van der Waals surface area contributed by atoms with Crippen molar-refractivity contribution in [1.82, 2.24) is 38.0 Å². The van der Waals surface area contributed by atoms with Gasteiger partial charge >= 0.3 is 12.1 Å². The summed E-state index contributed by atoms with van der Waals surface area (Å²) in [6.07, 6.45) is 7.30. The smallest absolute Gasteiger partial charge is 0.321 e. The summed E-state index contributed by atoms with van der Waals surface area (Å²) < 4.78 is 124. The first-order valence-corrected chi connectivity index (χ1v) is 53.2. The van der Waals surface area contributed by atoms with E-state index in [4.69, 9.17) is 9.47 Å². The van der Waals surface area contributed by atoms with Gasteiger partial charge in [0, 0.05) is 156 Å². The van der Waals surface area contributed by atoms with Crippen molar-refractivity contribution < 1.29 is 63.7 Å². The van der Waals surface area contributed by atoms with Gasteiger partial charge in [-0.25, -0.2) is 44.0 Å². The Kier molecular flexibility index (Phi) is 33.5. The number of methoxy groups -OCH3 is 2. The summed E-state index contributed by atoms with van der Waals surface area (Å²) >= 11 is 0. The normalized spacial score (nSPS) is 22.9. The van der Waals surface area contributed by atoms with Crippen LogP contribution in [0, 0.1) is 57.9 Å². The van der Waals surface area contributed by atoms with E-state index in [0.717, 1.165) is 100 Å². The molecule has 4 amide bonds. The van der Waals surface area contributed by atoms with E-state index >= 15 is 0 Å². The number of sulfonamides is 2. The van der Waals surface area contributed by atoms with Crippen molar-refractivity contribution in [2.45, 2.75) is 168 Å². The number of aryl methyl sites for hydroxylation is 5. The third kappa shape index (κ3) is 22.8. The SMILES string of the molecule is COC[C@@H]1[C@@H](c2ccc(-c3cccc(F)c3F)cc2)[C@@H]2CN(S(=O)(=O)c3ccccc3C)CCCCN12.COC[C@@H]1[C@@H](c2ccc(-c3ccccc3C)cc2)[C@@H]2CN(S(=O)(=O)c3ccccc3C)CCCCN12.Cc1ccccc1-c1ccc([C@H]2[C@@H](CO)N3CCCCN(C(=O)Nc4ccc(F)cc4)C[C@@H]23)cc1.Cc1ccccc1-c1ccc([C@H]2[C@@H](CO)N3CCCCN(C(=O)Nc4cccc(F)c4)C[C@@H]23)cc1. The van der Waals surface area contributed by atoms with Gasteiger partial charge in [-0.2, -0.15) is 8.61 Å². The van der Waals surface area contributed by atoms with Crippen LogP contribution in [0.1, 0.15) is 125 Å². The number of hydrogen-bond acceptors (Lipinski definition) is 14. The second kappa shape index (κ2) is 46.6. The van der Waals surface area contributed by atoms with E-state index in [1.807, 2.05) is 84.3 Å². The monoisotopic (exact) mass is 1980 g/mol. The number of ether oxygens (including phenoxy) is 2. The van der Waals surface area contributed by atoms with Crippen molar-refractivity contribution >= 4 is 43.5 Å². The number of halogens is 4. The summed E-state index contributed by atoms with van der Waals surface area (Å²) in [5, 5.41) is 26.2. The molecule has 8 aliphatic rings. The standard InChI is InChI=1S/C30H36N2O3S.C29H32F2N2O3S.2C29H32FN3O2/c1-22-10-4-6-12-26(22)24-14-16-25(17-15-24)30-27-20-31(18-8-9-19-32(27)28(30)21-35-3)36(33,34)29-13-7-5-11-23(29)2;1-20-8-3-4-11-27(20)37(34,35)32-16-5-6-17-33-25(18-32)28(26(33)19-36-2)22-14-12-21(13-15-22)23-9-7-10-24(30)29(23)31;1-20-7-2-3-10-25(20)21-11-13-22(14-12-21)28-26-18-32(15-4-5-16-33(26)27(28)19-34)29(35)31-24-9-6-8-23(30)17-24;1-20-6-2-3-7-25(20)21-8-10-22(11-9-21)28-26-18-32(16-4-5-17-33(26)27(28)19-34)29(35)31-24-14-12-23(30)13-15-24/h4-7,10-17,27-28,30H,8-9,18-21H2,1-3H3;3-4,7-15,25-26,28H,5-6,16-19H2,1-2H3;2-3,6-14,17,26-28,34H,4-5,15-16,18-19H2,1H3,(H,31,35);2-3,6-15,26-28,34H,4-5,16-19H2,1H3,(H,31,35)/t27-,28+,30-;25-,26+,28-;2*26-,27+,28+/m0000/s1. The molecule has 0 saturated carbocycles. The zero-order chi connectivity index (χ0) is 100. The van der Waals surface area contributed by atoms with E-state index in [1.165, 1.54) is 97.1 Å². The molecule has 8 aliphatic heterocycles. The van der Waals surface area contributed by atoms with Gasteiger partial charge in [-0.15, -0.1) is 0 Å². The number of nitrogens with zero attached hydrogens (tertiary/aromatic N) is 8. The van der Waals surface area contributed by atoms with E-state index < -0.39 is 31.7 Å². The zero-order valence-electron chi connectivity index (χ0n) is 82.6. The van der Waals surface area contributed by atoms with E-state index in [9.17, 15) is 54.2 Å². The summed E-state index contributed by atoms with van der Waals surface area (Å²) in [5.74, 6) is -1.85. The summed E-state index contributed by atoms with van der Waals surface area (Å²) in [6, 6.07) is 89.8. The van der Waals surface area contributed by atoms with Gasteiger partial charge in [0.15, 0.2) is 11.6 Å². The first kappa shape index (κ1) is 103. The minimum absolute atomic E-state index is 0.00370. The van der Waals surface area contributed by atoms with Gasteiger partial charge in [0.25, 0.3) is 0 Å². The van der Waals surface area contributed by atoms with Crippen molar-refractivity contribution in [2.75, 3.05) is 130 Å². The molecule has 26 heteroatoms. The van der Waals surface area contributed by atoms with Crippen LogP contribution in [0.15, 0.2) is 295 Å². The molecule has 750 valence electrons. The summed E-state index contributed by atoms with van der Waals surface area (Å²) in [5.41, 5.74) is 19.1. The largest absolute Gasteiger partial charge is 0.395 e. The van der Waals surface area contributed by atoms with Crippen LogP contribution in [-0.4, -0.2) is 245 Å². The third-order valence-electron chi connectivity index (χ3n) is 30.7. The van der Waals surface area contributed by atoms with Gasteiger partial charge in [-0.1, -0.05) is 224 Å². The Balaban J connectivity index is 0.000000131. The molecule has 143 heavy (non-hydrogen) atoms. The predicted octanol–water partition coefficient (Wildman–Crippen LogP) is 21.0. The third-order valence-corrected chi connectivity index (χ3v) is 34.7. The van der Waals surface area contributed by atoms with Crippen molar-refractivity contribution in [2.24, 2.45) is 0 Å². The van der Waals surface area contributed by atoms with E-state index in [-0.39, 0.29) is 114 Å². The number of fused-ring (bicyclic) bond motifs is 4. The number of aliphatic hydroxyl groups is 2. The van der Waals surface area contributed by atoms with Gasteiger partial charge in [-0.05, 0) is 262 Å². The molecular formula is C117H132F4N10O10S2. The second-order valence-electron chi connectivity index (χ2n) is 39.3.